The zero-order valence-corrected chi connectivity index (χ0v) is 14.8. The van der Waals surface area contributed by atoms with Gasteiger partial charge in [0.1, 0.15) is 11.6 Å². The van der Waals surface area contributed by atoms with Gasteiger partial charge >= 0.3 is 0 Å². The summed E-state index contributed by atoms with van der Waals surface area (Å²) in [5.41, 5.74) is 1.89. The van der Waals surface area contributed by atoms with Gasteiger partial charge in [-0.2, -0.15) is 5.10 Å². The Kier molecular flexibility index (Phi) is 5.30. The van der Waals surface area contributed by atoms with E-state index >= 15 is 0 Å². The van der Waals surface area contributed by atoms with E-state index in [9.17, 15) is 14.0 Å². The molecule has 1 atom stereocenters. The number of nitrogens with one attached hydrogen (secondary N) is 1. The molecule has 0 aliphatic heterocycles. The third-order valence-corrected chi connectivity index (χ3v) is 3.90. The maximum absolute atomic E-state index is 12.9. The lowest BCUT2D eigenvalue weighted by molar-refractivity contribution is -0.122. The Morgan fingerprint density at radius 2 is 1.74 bits per heavy atom. The lowest BCUT2D eigenvalue weighted by Gasteiger charge is -2.15. The van der Waals surface area contributed by atoms with Gasteiger partial charge in [-0.25, -0.2) is 9.07 Å². The summed E-state index contributed by atoms with van der Waals surface area (Å²) >= 11 is 0. The summed E-state index contributed by atoms with van der Waals surface area (Å²) in [7, 11) is 1.59. The molecule has 27 heavy (non-hydrogen) atoms. The summed E-state index contributed by atoms with van der Waals surface area (Å²) in [6.07, 6.45) is -0.750. The molecule has 0 saturated carbocycles. The largest absolute Gasteiger partial charge is 0.481 e. The fourth-order valence-corrected chi connectivity index (χ4v) is 2.40. The fraction of sp³-hybridized carbons (Fsp3) is 0.150. The molecular formula is C20H18FN3O3. The van der Waals surface area contributed by atoms with Gasteiger partial charge in [0, 0.05) is 24.4 Å². The molecule has 1 N–H and O–H groups in total. The van der Waals surface area contributed by atoms with Gasteiger partial charge in [-0.1, -0.05) is 12.1 Å². The molecule has 1 aromatic heterocycles. The van der Waals surface area contributed by atoms with Gasteiger partial charge in [-0.15, -0.1) is 0 Å². The maximum Gasteiger partial charge on any atom is 0.266 e. The maximum atomic E-state index is 12.9. The second-order valence-corrected chi connectivity index (χ2v) is 5.96. The highest BCUT2D eigenvalue weighted by Crippen LogP contribution is 2.19. The smallest absolute Gasteiger partial charge is 0.266 e. The Morgan fingerprint density at radius 3 is 2.37 bits per heavy atom. The van der Waals surface area contributed by atoms with E-state index in [0.29, 0.717) is 17.1 Å². The highest BCUT2D eigenvalue weighted by Gasteiger charge is 2.15. The molecule has 0 aliphatic carbocycles. The van der Waals surface area contributed by atoms with Crippen LogP contribution < -0.4 is 15.6 Å². The van der Waals surface area contributed by atoms with Crippen molar-refractivity contribution >= 4 is 11.6 Å². The van der Waals surface area contributed by atoms with Crippen molar-refractivity contribution in [2.45, 2.75) is 13.0 Å². The molecule has 0 aliphatic rings. The van der Waals surface area contributed by atoms with Crippen LogP contribution in [0.15, 0.2) is 65.5 Å². The molecule has 7 heteroatoms. The van der Waals surface area contributed by atoms with E-state index in [1.165, 1.54) is 35.0 Å². The monoisotopic (exact) mass is 367 g/mol. The number of aromatic nitrogens is 2. The van der Waals surface area contributed by atoms with Crippen molar-refractivity contribution in [2.75, 3.05) is 5.32 Å². The van der Waals surface area contributed by atoms with Crippen LogP contribution >= 0.6 is 0 Å². The molecule has 2 aromatic carbocycles. The SMILES string of the molecule is CC(Oc1ccc(F)cc1)C(=O)Nc1ccc(-c2ccc(=O)n(C)n2)cc1. The number of hydrogen-bond acceptors (Lipinski definition) is 4. The molecule has 138 valence electrons. The lowest BCUT2D eigenvalue weighted by Crippen LogP contribution is -2.30. The molecule has 0 bridgehead atoms. The van der Waals surface area contributed by atoms with E-state index in [1.54, 1.807) is 44.3 Å². The number of rotatable bonds is 5. The van der Waals surface area contributed by atoms with Crippen LogP contribution in [0, 0.1) is 5.82 Å². The van der Waals surface area contributed by atoms with Crippen LogP contribution in [0.5, 0.6) is 5.75 Å². The summed E-state index contributed by atoms with van der Waals surface area (Å²) < 4.78 is 19.7. The summed E-state index contributed by atoms with van der Waals surface area (Å²) in [6.45, 7) is 1.61. The fourth-order valence-electron chi connectivity index (χ4n) is 2.40. The number of hydrogen-bond donors (Lipinski definition) is 1. The first kappa shape index (κ1) is 18.3. The van der Waals surface area contributed by atoms with Gasteiger partial charge < -0.3 is 10.1 Å². The van der Waals surface area contributed by atoms with E-state index in [2.05, 4.69) is 10.4 Å². The number of halogens is 1. The molecule has 1 heterocycles. The normalized spacial score (nSPS) is 11.7. The highest BCUT2D eigenvalue weighted by molar-refractivity contribution is 5.94. The van der Waals surface area contributed by atoms with E-state index < -0.39 is 6.10 Å². The van der Waals surface area contributed by atoms with Gasteiger partial charge in [-0.05, 0) is 49.4 Å². The average molecular weight is 367 g/mol. The van der Waals surface area contributed by atoms with Crippen molar-refractivity contribution in [3.63, 3.8) is 0 Å². The Balaban J connectivity index is 1.64. The van der Waals surface area contributed by atoms with Crippen molar-refractivity contribution in [2.24, 2.45) is 7.05 Å². The topological polar surface area (TPSA) is 73.2 Å². The average Bonchev–Trinajstić information content (AvgIpc) is 2.66. The summed E-state index contributed by atoms with van der Waals surface area (Å²) in [4.78, 5) is 23.7. The molecule has 0 spiro atoms. The number of aryl methyl sites for hydroxylation is 1. The molecule has 0 saturated heterocycles. The van der Waals surface area contributed by atoms with Crippen LogP contribution in [-0.2, 0) is 11.8 Å². The third-order valence-electron chi connectivity index (χ3n) is 3.90. The minimum Gasteiger partial charge on any atom is -0.481 e. The molecule has 1 unspecified atom stereocenters. The molecule has 0 fully saturated rings. The van der Waals surface area contributed by atoms with Gasteiger partial charge in [-0.3, -0.25) is 9.59 Å². The second-order valence-electron chi connectivity index (χ2n) is 5.96. The molecule has 3 rings (SSSR count). The number of ether oxygens (including phenoxy) is 1. The summed E-state index contributed by atoms with van der Waals surface area (Å²) in [6, 6.07) is 15.7. The minimum absolute atomic E-state index is 0.183. The first-order valence-electron chi connectivity index (χ1n) is 8.30. The molecule has 6 nitrogen and oxygen atoms in total. The Hall–Kier alpha value is -3.48. The molecule has 1 amide bonds. The van der Waals surface area contributed by atoms with Crippen molar-refractivity contribution in [1.29, 1.82) is 0 Å². The van der Waals surface area contributed by atoms with Crippen LogP contribution in [0.3, 0.4) is 0 Å². The van der Waals surface area contributed by atoms with Crippen LogP contribution in [0.4, 0.5) is 10.1 Å². The number of carbonyl (C=O) groups excluding carboxylic acids is 1. The number of carbonyl (C=O) groups is 1. The van der Waals surface area contributed by atoms with E-state index in [-0.39, 0.29) is 17.3 Å². The van der Waals surface area contributed by atoms with E-state index in [0.717, 1.165) is 5.56 Å². The van der Waals surface area contributed by atoms with Gasteiger partial charge in [0.2, 0.25) is 0 Å². The predicted octanol–water partition coefficient (Wildman–Crippen LogP) is 2.99. The Labute approximate surface area is 155 Å². The van der Waals surface area contributed by atoms with Crippen molar-refractivity contribution < 1.29 is 13.9 Å². The van der Waals surface area contributed by atoms with Gasteiger partial charge in [0.05, 0.1) is 5.69 Å². The molecule has 3 aromatic rings. The van der Waals surface area contributed by atoms with Gasteiger partial charge in [0.25, 0.3) is 11.5 Å². The number of anilines is 1. The summed E-state index contributed by atoms with van der Waals surface area (Å²) in [5, 5.41) is 6.94. The molecular weight excluding hydrogens is 349 g/mol. The van der Waals surface area contributed by atoms with E-state index in [1.807, 2.05) is 0 Å². The van der Waals surface area contributed by atoms with Crippen molar-refractivity contribution in [3.05, 3.63) is 76.8 Å². The first-order chi connectivity index (χ1) is 12.9. The third kappa shape index (κ3) is 4.58. The zero-order chi connectivity index (χ0) is 19.4. The number of benzene rings is 2. The number of amides is 1. The van der Waals surface area contributed by atoms with Crippen molar-refractivity contribution in [3.8, 4) is 17.0 Å². The number of nitrogens with zero attached hydrogens (tertiary/aromatic N) is 2. The van der Waals surface area contributed by atoms with Crippen LogP contribution in [0.2, 0.25) is 0 Å². The van der Waals surface area contributed by atoms with Crippen LogP contribution in [0.25, 0.3) is 11.3 Å². The summed E-state index contributed by atoms with van der Waals surface area (Å²) in [5.74, 6) is -0.282. The first-order valence-corrected chi connectivity index (χ1v) is 8.30. The second kappa shape index (κ2) is 7.82. The zero-order valence-electron chi connectivity index (χ0n) is 14.8. The molecule has 0 radical (unpaired) electrons. The predicted molar refractivity (Wildman–Crippen MR) is 100 cm³/mol. The van der Waals surface area contributed by atoms with Gasteiger partial charge in [0.15, 0.2) is 6.10 Å². The van der Waals surface area contributed by atoms with E-state index in [4.69, 9.17) is 4.74 Å². The highest BCUT2D eigenvalue weighted by atomic mass is 19.1. The van der Waals surface area contributed by atoms with Crippen molar-refractivity contribution in [1.82, 2.24) is 9.78 Å². The van der Waals surface area contributed by atoms with Crippen LogP contribution in [0.1, 0.15) is 6.92 Å². The Morgan fingerprint density at radius 1 is 1.07 bits per heavy atom. The lowest BCUT2D eigenvalue weighted by atomic mass is 10.1. The minimum atomic E-state index is -0.750. The standard InChI is InChI=1S/C20H18FN3O3/c1-13(27-17-9-5-15(21)6-10-17)20(26)22-16-7-3-14(4-8-16)18-11-12-19(25)24(2)23-18/h3-13H,1-2H3,(H,22,26). The Bertz CT molecular complexity index is 998. The van der Waals surface area contributed by atoms with Crippen LogP contribution in [-0.4, -0.2) is 21.8 Å². The quantitative estimate of drug-likeness (QED) is 0.752.